The lowest BCUT2D eigenvalue weighted by atomic mass is 10.1. The summed E-state index contributed by atoms with van der Waals surface area (Å²) in [5, 5.41) is 2.51. The van der Waals surface area contributed by atoms with Gasteiger partial charge in [0, 0.05) is 18.3 Å². The van der Waals surface area contributed by atoms with Gasteiger partial charge in [0.1, 0.15) is 11.6 Å². The highest BCUT2D eigenvalue weighted by Crippen LogP contribution is 2.14. The minimum Gasteiger partial charge on any atom is -0.484 e. The first kappa shape index (κ1) is 19.1. The molecule has 136 valence electrons. The Hall–Kier alpha value is -3.22. The lowest BCUT2D eigenvalue weighted by Gasteiger charge is -2.17. The number of carbonyl (C=O) groups is 3. The molecular weight excluding hydrogens is 339 g/mol. The summed E-state index contributed by atoms with van der Waals surface area (Å²) >= 11 is 0. The van der Waals surface area contributed by atoms with Crippen molar-refractivity contribution in [3.63, 3.8) is 0 Å². The Morgan fingerprint density at radius 1 is 1.12 bits per heavy atom. The first-order valence-electron chi connectivity index (χ1n) is 7.88. The second-order valence-corrected chi connectivity index (χ2v) is 5.68. The van der Waals surface area contributed by atoms with Gasteiger partial charge in [-0.05, 0) is 37.3 Å². The van der Waals surface area contributed by atoms with Crippen LogP contribution >= 0.6 is 0 Å². The van der Waals surface area contributed by atoms with Gasteiger partial charge in [0.2, 0.25) is 5.91 Å². The summed E-state index contributed by atoms with van der Waals surface area (Å²) in [4.78, 5) is 36.5. The van der Waals surface area contributed by atoms with Gasteiger partial charge in [-0.1, -0.05) is 18.2 Å². The molecule has 0 aliphatic heterocycles. The van der Waals surface area contributed by atoms with Crippen molar-refractivity contribution in [2.24, 2.45) is 0 Å². The lowest BCUT2D eigenvalue weighted by Crippen LogP contribution is -2.37. The molecule has 0 bridgehead atoms. The highest BCUT2D eigenvalue weighted by molar-refractivity contribution is 5.95. The third kappa shape index (κ3) is 5.70. The minimum atomic E-state index is -0.464. The van der Waals surface area contributed by atoms with E-state index in [0.717, 1.165) is 0 Å². The van der Waals surface area contributed by atoms with Crippen LogP contribution < -0.4 is 10.1 Å². The number of anilines is 1. The number of hydrogen-bond acceptors (Lipinski definition) is 4. The van der Waals surface area contributed by atoms with E-state index < -0.39 is 17.6 Å². The molecule has 0 saturated heterocycles. The molecule has 2 amide bonds. The molecule has 0 unspecified atom stereocenters. The van der Waals surface area contributed by atoms with E-state index in [1.165, 1.54) is 37.1 Å². The van der Waals surface area contributed by atoms with Crippen molar-refractivity contribution >= 4 is 23.3 Å². The van der Waals surface area contributed by atoms with Crippen molar-refractivity contribution in [3.8, 4) is 5.75 Å². The van der Waals surface area contributed by atoms with Gasteiger partial charge in [0.15, 0.2) is 12.4 Å². The van der Waals surface area contributed by atoms with Gasteiger partial charge in [0.05, 0.1) is 6.54 Å². The average molecular weight is 358 g/mol. The van der Waals surface area contributed by atoms with E-state index in [-0.39, 0.29) is 18.9 Å². The fourth-order valence-corrected chi connectivity index (χ4v) is 2.13. The number of Topliss-reactive ketones (excluding diaryl/α,β-unsaturated/α-hetero) is 1. The van der Waals surface area contributed by atoms with E-state index in [9.17, 15) is 18.8 Å². The van der Waals surface area contributed by atoms with Crippen LogP contribution in [0.25, 0.3) is 0 Å². The molecule has 0 saturated carbocycles. The number of ether oxygens (including phenoxy) is 1. The Bertz CT molecular complexity index is 823. The number of nitrogens with one attached hydrogen (secondary N) is 1. The van der Waals surface area contributed by atoms with E-state index in [1.54, 1.807) is 30.3 Å². The molecule has 0 aliphatic rings. The normalized spacial score (nSPS) is 10.1. The number of nitrogens with zero attached hydrogens (tertiary/aromatic N) is 1. The third-order valence-corrected chi connectivity index (χ3v) is 3.52. The van der Waals surface area contributed by atoms with E-state index in [0.29, 0.717) is 17.0 Å². The highest BCUT2D eigenvalue weighted by atomic mass is 19.1. The number of benzene rings is 2. The molecule has 0 radical (unpaired) electrons. The number of hydrogen-bond donors (Lipinski definition) is 1. The predicted molar refractivity (Wildman–Crippen MR) is 94.6 cm³/mol. The van der Waals surface area contributed by atoms with Crippen LogP contribution in [0.4, 0.5) is 10.1 Å². The standard InChI is InChI=1S/C19H19FN2O4/c1-13(23)14-5-3-8-17(9-14)26-12-19(25)22(2)11-18(24)21-16-7-4-6-15(20)10-16/h3-10H,11-12H2,1-2H3,(H,21,24). The summed E-state index contributed by atoms with van der Waals surface area (Å²) in [5.74, 6) is -1.04. The van der Waals surface area contributed by atoms with Gasteiger partial charge >= 0.3 is 0 Å². The monoisotopic (exact) mass is 358 g/mol. The molecule has 6 nitrogen and oxygen atoms in total. The minimum absolute atomic E-state index is 0.104. The molecule has 0 fully saturated rings. The van der Waals surface area contributed by atoms with Crippen molar-refractivity contribution in [2.75, 3.05) is 25.5 Å². The Labute approximate surface area is 150 Å². The quantitative estimate of drug-likeness (QED) is 0.772. The predicted octanol–water partition coefficient (Wildman–Crippen LogP) is 2.50. The summed E-state index contributed by atoms with van der Waals surface area (Å²) in [6, 6.07) is 12.0. The zero-order valence-corrected chi connectivity index (χ0v) is 14.5. The molecule has 0 aliphatic carbocycles. The number of halogens is 1. The van der Waals surface area contributed by atoms with Crippen LogP contribution in [-0.4, -0.2) is 42.7 Å². The molecule has 0 spiro atoms. The Morgan fingerprint density at radius 2 is 1.85 bits per heavy atom. The summed E-state index contributed by atoms with van der Waals surface area (Å²) < 4.78 is 18.5. The number of ketones is 1. The number of carbonyl (C=O) groups excluding carboxylic acids is 3. The molecule has 0 aromatic heterocycles. The zero-order chi connectivity index (χ0) is 19.1. The second-order valence-electron chi connectivity index (χ2n) is 5.68. The molecule has 7 heteroatoms. The molecule has 2 rings (SSSR count). The van der Waals surface area contributed by atoms with Crippen LogP contribution in [0.2, 0.25) is 0 Å². The number of likely N-dealkylation sites (N-methyl/N-ethyl adjacent to an activating group) is 1. The van der Waals surface area contributed by atoms with Gasteiger partial charge in [-0.25, -0.2) is 4.39 Å². The summed E-state index contributed by atoms with van der Waals surface area (Å²) in [6.45, 7) is 0.965. The fourth-order valence-electron chi connectivity index (χ4n) is 2.13. The van der Waals surface area contributed by atoms with E-state index in [4.69, 9.17) is 4.74 Å². The van der Waals surface area contributed by atoms with Crippen molar-refractivity contribution in [2.45, 2.75) is 6.92 Å². The molecule has 0 atom stereocenters. The van der Waals surface area contributed by atoms with Crippen LogP contribution in [0.1, 0.15) is 17.3 Å². The van der Waals surface area contributed by atoms with Gasteiger partial charge in [-0.2, -0.15) is 0 Å². The SMILES string of the molecule is CC(=O)c1cccc(OCC(=O)N(C)CC(=O)Nc2cccc(F)c2)c1. The van der Waals surface area contributed by atoms with Crippen LogP contribution in [0.15, 0.2) is 48.5 Å². The van der Waals surface area contributed by atoms with Crippen molar-refractivity contribution in [3.05, 3.63) is 59.9 Å². The summed E-state index contributed by atoms with van der Waals surface area (Å²) in [6.07, 6.45) is 0. The van der Waals surface area contributed by atoms with E-state index in [1.807, 2.05) is 0 Å². The number of amides is 2. The largest absolute Gasteiger partial charge is 0.484 e. The molecule has 26 heavy (non-hydrogen) atoms. The summed E-state index contributed by atoms with van der Waals surface area (Å²) in [5.41, 5.74) is 0.797. The number of rotatable bonds is 7. The van der Waals surface area contributed by atoms with Crippen molar-refractivity contribution in [1.82, 2.24) is 4.90 Å². The molecule has 2 aromatic rings. The van der Waals surface area contributed by atoms with Crippen molar-refractivity contribution in [1.29, 1.82) is 0 Å². The third-order valence-electron chi connectivity index (χ3n) is 3.52. The maximum atomic E-state index is 13.1. The van der Waals surface area contributed by atoms with Gasteiger partial charge in [-0.15, -0.1) is 0 Å². The molecular formula is C19H19FN2O4. The molecule has 1 N–H and O–H groups in total. The topological polar surface area (TPSA) is 75.7 Å². The maximum absolute atomic E-state index is 13.1. The van der Waals surface area contributed by atoms with Crippen LogP contribution in [0.3, 0.4) is 0 Å². The zero-order valence-electron chi connectivity index (χ0n) is 14.5. The second kappa shape index (κ2) is 8.75. The first-order valence-corrected chi connectivity index (χ1v) is 7.88. The summed E-state index contributed by atoms with van der Waals surface area (Å²) in [7, 11) is 1.46. The highest BCUT2D eigenvalue weighted by Gasteiger charge is 2.14. The maximum Gasteiger partial charge on any atom is 0.260 e. The van der Waals surface area contributed by atoms with Gasteiger partial charge in [-0.3, -0.25) is 14.4 Å². The molecule has 0 heterocycles. The van der Waals surface area contributed by atoms with E-state index >= 15 is 0 Å². The van der Waals surface area contributed by atoms with Crippen LogP contribution in [-0.2, 0) is 9.59 Å². The van der Waals surface area contributed by atoms with Crippen LogP contribution in [0.5, 0.6) is 5.75 Å². The first-order chi connectivity index (χ1) is 12.3. The van der Waals surface area contributed by atoms with E-state index in [2.05, 4.69) is 5.32 Å². The van der Waals surface area contributed by atoms with Crippen LogP contribution in [0, 0.1) is 5.82 Å². The fraction of sp³-hybridized carbons (Fsp3) is 0.211. The lowest BCUT2D eigenvalue weighted by molar-refractivity contribution is -0.135. The Balaban J connectivity index is 1.84. The molecule has 2 aromatic carbocycles. The Kier molecular flexibility index (Phi) is 6.43. The van der Waals surface area contributed by atoms with Gasteiger partial charge < -0.3 is 15.0 Å². The van der Waals surface area contributed by atoms with Crippen molar-refractivity contribution < 1.29 is 23.5 Å². The average Bonchev–Trinajstić information content (AvgIpc) is 2.59. The Morgan fingerprint density at radius 3 is 2.54 bits per heavy atom. The van der Waals surface area contributed by atoms with Gasteiger partial charge in [0.25, 0.3) is 5.91 Å². The smallest absolute Gasteiger partial charge is 0.260 e.